The largest absolute Gasteiger partial charge is 0.392 e. The molecule has 0 bridgehead atoms. The number of nitrogens with zero attached hydrogens (tertiary/aromatic N) is 3. The van der Waals surface area contributed by atoms with Gasteiger partial charge in [0.25, 0.3) is 5.69 Å². The first kappa shape index (κ1) is 33.1. The van der Waals surface area contributed by atoms with Gasteiger partial charge in [0.2, 0.25) is 0 Å². The molecule has 11 heteroatoms. The van der Waals surface area contributed by atoms with Gasteiger partial charge < -0.3 is 30.1 Å². The molecule has 0 unspecified atom stereocenters. The molecular weight excluding hydrogens is 610 g/mol. The number of hydrogen-bond acceptors (Lipinski definition) is 8. The van der Waals surface area contributed by atoms with Gasteiger partial charge in [-0.3, -0.25) is 15.0 Å². The summed E-state index contributed by atoms with van der Waals surface area (Å²) >= 11 is 0. The first-order chi connectivity index (χ1) is 23.4. The van der Waals surface area contributed by atoms with E-state index in [4.69, 9.17) is 9.47 Å². The molecule has 3 N–H and O–H groups in total. The second-order valence-electron chi connectivity index (χ2n) is 12.3. The fourth-order valence-electron chi connectivity index (χ4n) is 6.23. The third-order valence-electron chi connectivity index (χ3n) is 9.10. The minimum absolute atomic E-state index is 0.0216. The molecule has 4 aromatic carbocycles. The van der Waals surface area contributed by atoms with Crippen molar-refractivity contribution >= 4 is 23.1 Å². The third kappa shape index (κ3) is 8.18. The van der Waals surface area contributed by atoms with Gasteiger partial charge in [-0.05, 0) is 41.0 Å². The Balaban J connectivity index is 1.11. The quantitative estimate of drug-likeness (QED) is 0.140. The second-order valence-corrected chi connectivity index (χ2v) is 12.3. The van der Waals surface area contributed by atoms with Crippen molar-refractivity contribution in [1.29, 1.82) is 0 Å². The zero-order valence-electron chi connectivity index (χ0n) is 26.9. The summed E-state index contributed by atoms with van der Waals surface area (Å²) < 4.78 is 13.3. The molecule has 0 aromatic heterocycles. The van der Waals surface area contributed by atoms with E-state index in [0.29, 0.717) is 12.2 Å². The van der Waals surface area contributed by atoms with Gasteiger partial charge in [-0.25, -0.2) is 4.79 Å². The van der Waals surface area contributed by atoms with E-state index in [1.54, 1.807) is 12.1 Å². The lowest BCUT2D eigenvalue weighted by molar-refractivity contribution is -0.384. The van der Waals surface area contributed by atoms with Gasteiger partial charge in [0.15, 0.2) is 6.29 Å². The monoisotopic (exact) mass is 651 g/mol. The fourth-order valence-corrected chi connectivity index (χ4v) is 6.23. The van der Waals surface area contributed by atoms with E-state index < -0.39 is 6.29 Å². The summed E-state index contributed by atoms with van der Waals surface area (Å²) in [4.78, 5) is 27.8. The number of aliphatic hydroxyl groups excluding tert-OH is 1. The maximum Gasteiger partial charge on any atom is 0.319 e. The highest BCUT2D eigenvalue weighted by atomic mass is 16.7. The minimum Gasteiger partial charge on any atom is -0.392 e. The van der Waals surface area contributed by atoms with Gasteiger partial charge >= 0.3 is 6.03 Å². The summed E-state index contributed by atoms with van der Waals surface area (Å²) in [7, 11) is 0. The Morgan fingerprint density at radius 2 is 1.52 bits per heavy atom. The number of benzene rings is 4. The molecule has 4 atom stereocenters. The molecule has 0 aliphatic carbocycles. The number of ether oxygens (including phenoxy) is 2. The standard InChI is InChI=1S/C37H41N5O6/c1-26-34(24-40-19-21-41(22-20-40)32-15-17-33(18-16-32)42(45)46)47-36(48-35(26)29-9-7-28(25-43)8-10-29)30-11-13-31(14-12-30)39-37(44)38-23-27-5-3-2-4-6-27/h2-18,26,34-36,43H,19-25H2,1H3,(H2,38,39,44)/t26-,34+,35+,36+/m1/s1. The molecule has 2 aliphatic rings. The zero-order valence-corrected chi connectivity index (χ0v) is 26.9. The van der Waals surface area contributed by atoms with Crippen molar-refractivity contribution in [2.75, 3.05) is 42.9 Å². The smallest absolute Gasteiger partial charge is 0.319 e. The first-order valence-electron chi connectivity index (χ1n) is 16.3. The van der Waals surface area contributed by atoms with E-state index in [9.17, 15) is 20.0 Å². The molecule has 2 fully saturated rings. The van der Waals surface area contributed by atoms with Gasteiger partial charge in [0, 0.05) is 74.3 Å². The van der Waals surface area contributed by atoms with Crippen LogP contribution in [-0.4, -0.2) is 59.8 Å². The summed E-state index contributed by atoms with van der Waals surface area (Å²) in [5, 5.41) is 26.4. The lowest BCUT2D eigenvalue weighted by Gasteiger charge is -2.44. The number of non-ortho nitro benzene ring substituents is 1. The van der Waals surface area contributed by atoms with Crippen molar-refractivity contribution in [2.45, 2.75) is 38.6 Å². The lowest BCUT2D eigenvalue weighted by Crippen LogP contribution is -2.51. The lowest BCUT2D eigenvalue weighted by atomic mass is 9.90. The van der Waals surface area contributed by atoms with E-state index in [2.05, 4.69) is 27.4 Å². The van der Waals surface area contributed by atoms with Crippen LogP contribution in [-0.2, 0) is 22.6 Å². The molecule has 48 heavy (non-hydrogen) atoms. The average molecular weight is 652 g/mol. The average Bonchev–Trinajstić information content (AvgIpc) is 3.13. The Morgan fingerprint density at radius 3 is 2.17 bits per heavy atom. The molecule has 4 aromatic rings. The number of amides is 2. The van der Waals surface area contributed by atoms with Crippen molar-refractivity contribution in [3.8, 4) is 0 Å². The van der Waals surface area contributed by atoms with Crippen LogP contribution in [0.15, 0.2) is 103 Å². The number of rotatable bonds is 10. The molecule has 11 nitrogen and oxygen atoms in total. The van der Waals surface area contributed by atoms with E-state index in [0.717, 1.165) is 60.7 Å². The minimum atomic E-state index is -0.615. The summed E-state index contributed by atoms with van der Waals surface area (Å²) in [6, 6.07) is 31.6. The maximum absolute atomic E-state index is 12.5. The summed E-state index contributed by atoms with van der Waals surface area (Å²) in [5.74, 6) is 0.0446. The Morgan fingerprint density at radius 1 is 0.854 bits per heavy atom. The van der Waals surface area contributed by atoms with Crippen molar-refractivity contribution in [3.05, 3.63) is 135 Å². The molecule has 2 amide bonds. The van der Waals surface area contributed by atoms with Gasteiger partial charge in [0.05, 0.1) is 23.7 Å². The van der Waals surface area contributed by atoms with Crippen LogP contribution < -0.4 is 15.5 Å². The van der Waals surface area contributed by atoms with E-state index >= 15 is 0 Å². The number of urea groups is 1. The molecular formula is C37H41N5O6. The number of nitro benzene ring substituents is 1. The van der Waals surface area contributed by atoms with E-state index in [-0.39, 0.29) is 41.4 Å². The van der Waals surface area contributed by atoms with Crippen LogP contribution >= 0.6 is 0 Å². The molecule has 250 valence electrons. The maximum atomic E-state index is 12.5. The SMILES string of the molecule is C[C@@H]1[C@H](CN2CCN(c3ccc([N+](=O)[O-])cc3)CC2)O[C@H](c2ccc(NC(=O)NCc3ccccc3)cc2)O[C@@H]1c1ccc(CO)cc1. The Hall–Kier alpha value is -4.81. The van der Waals surface area contributed by atoms with Crippen LogP contribution in [0.4, 0.5) is 21.9 Å². The predicted molar refractivity (Wildman–Crippen MR) is 183 cm³/mol. The van der Waals surface area contributed by atoms with Crippen LogP contribution in [0.1, 0.15) is 41.6 Å². The molecule has 2 saturated heterocycles. The Labute approximate surface area is 280 Å². The van der Waals surface area contributed by atoms with Crippen LogP contribution in [0.5, 0.6) is 0 Å². The van der Waals surface area contributed by atoms with Gasteiger partial charge in [-0.15, -0.1) is 0 Å². The molecule has 2 heterocycles. The van der Waals surface area contributed by atoms with Crippen molar-refractivity contribution in [3.63, 3.8) is 0 Å². The number of piperazine rings is 1. The third-order valence-corrected chi connectivity index (χ3v) is 9.10. The highest BCUT2D eigenvalue weighted by molar-refractivity contribution is 5.89. The number of anilines is 2. The number of carbonyl (C=O) groups is 1. The van der Waals surface area contributed by atoms with Gasteiger partial charge in [-0.1, -0.05) is 73.7 Å². The summed E-state index contributed by atoms with van der Waals surface area (Å²) in [6.07, 6.45) is -0.973. The van der Waals surface area contributed by atoms with Gasteiger partial charge in [0.1, 0.15) is 0 Å². The normalized spacial score (nSPS) is 21.4. The highest BCUT2D eigenvalue weighted by Crippen LogP contribution is 2.42. The van der Waals surface area contributed by atoms with Crippen LogP contribution in [0.2, 0.25) is 0 Å². The number of nitro groups is 1. The number of aliphatic hydroxyl groups is 1. The van der Waals surface area contributed by atoms with Crippen molar-refractivity contribution in [2.24, 2.45) is 5.92 Å². The van der Waals surface area contributed by atoms with Crippen molar-refractivity contribution < 1.29 is 24.3 Å². The number of nitrogens with one attached hydrogen (secondary N) is 2. The highest BCUT2D eigenvalue weighted by Gasteiger charge is 2.39. The molecule has 2 aliphatic heterocycles. The fraction of sp³-hybridized carbons (Fsp3) is 0.324. The topological polar surface area (TPSA) is 129 Å². The number of carbonyl (C=O) groups excluding carboxylic acids is 1. The summed E-state index contributed by atoms with van der Waals surface area (Å²) in [5.41, 5.74) is 5.46. The Bertz CT molecular complexity index is 1640. The second kappa shape index (κ2) is 15.4. The molecule has 6 rings (SSSR count). The molecule has 0 spiro atoms. The number of hydrogen-bond donors (Lipinski definition) is 3. The molecule has 0 radical (unpaired) electrons. The van der Waals surface area contributed by atoms with Crippen LogP contribution in [0, 0.1) is 16.0 Å². The predicted octanol–water partition coefficient (Wildman–Crippen LogP) is 6.02. The van der Waals surface area contributed by atoms with Crippen molar-refractivity contribution in [1.82, 2.24) is 10.2 Å². The zero-order chi connectivity index (χ0) is 33.5. The van der Waals surface area contributed by atoms with Gasteiger partial charge in [-0.2, -0.15) is 0 Å². The first-order valence-corrected chi connectivity index (χ1v) is 16.3. The van der Waals surface area contributed by atoms with E-state index in [1.807, 2.05) is 91.0 Å². The molecule has 0 saturated carbocycles. The van der Waals surface area contributed by atoms with Crippen LogP contribution in [0.25, 0.3) is 0 Å². The summed E-state index contributed by atoms with van der Waals surface area (Å²) in [6.45, 7) is 6.56. The van der Waals surface area contributed by atoms with E-state index in [1.165, 1.54) is 0 Å². The van der Waals surface area contributed by atoms with Crippen LogP contribution in [0.3, 0.4) is 0 Å². The Kier molecular flexibility index (Phi) is 10.6.